The molecule has 0 spiro atoms. The number of nitrogens with zero attached hydrogens (tertiary/aromatic N) is 1. The van der Waals surface area contributed by atoms with Crippen LogP contribution >= 0.6 is 0 Å². The quantitative estimate of drug-likeness (QED) is 0.811. The number of carbonyl (C=O) groups is 3. The van der Waals surface area contributed by atoms with Crippen LogP contribution in [0.1, 0.15) is 51.9 Å². The van der Waals surface area contributed by atoms with Crippen molar-refractivity contribution in [1.82, 2.24) is 9.88 Å². The zero-order valence-electron chi connectivity index (χ0n) is 13.8. The number of piperidine rings is 1. The van der Waals surface area contributed by atoms with Crippen molar-refractivity contribution in [3.8, 4) is 0 Å². The highest BCUT2D eigenvalue weighted by molar-refractivity contribution is 6.00. The van der Waals surface area contributed by atoms with Gasteiger partial charge in [0.05, 0.1) is 18.1 Å². The Kier molecular flexibility index (Phi) is 5.08. The van der Waals surface area contributed by atoms with Crippen molar-refractivity contribution in [2.24, 2.45) is 11.7 Å². The first-order valence-corrected chi connectivity index (χ1v) is 7.81. The summed E-state index contributed by atoms with van der Waals surface area (Å²) in [4.78, 5) is 40.7. The van der Waals surface area contributed by atoms with E-state index in [1.54, 1.807) is 25.7 Å². The van der Waals surface area contributed by atoms with Gasteiger partial charge >= 0.3 is 5.97 Å². The topological polar surface area (TPSA) is 105 Å². The zero-order chi connectivity index (χ0) is 17.1. The van der Waals surface area contributed by atoms with E-state index in [1.165, 1.54) is 0 Å². The van der Waals surface area contributed by atoms with Crippen LogP contribution in [-0.4, -0.2) is 47.4 Å². The molecule has 7 nitrogen and oxygen atoms in total. The third kappa shape index (κ3) is 3.38. The maximum absolute atomic E-state index is 12.7. The molecule has 0 aliphatic carbocycles. The number of nitrogens with two attached hydrogens (primary N) is 1. The van der Waals surface area contributed by atoms with Crippen LogP contribution in [0.4, 0.5) is 0 Å². The summed E-state index contributed by atoms with van der Waals surface area (Å²) < 4.78 is 5.03. The molecule has 1 fully saturated rings. The molecule has 2 amide bonds. The Morgan fingerprint density at radius 2 is 2.04 bits per heavy atom. The first kappa shape index (κ1) is 17.1. The van der Waals surface area contributed by atoms with Crippen molar-refractivity contribution in [3.05, 3.63) is 22.5 Å². The summed E-state index contributed by atoms with van der Waals surface area (Å²) >= 11 is 0. The molecule has 2 rings (SSSR count). The number of hydrogen-bond acceptors (Lipinski definition) is 4. The van der Waals surface area contributed by atoms with Gasteiger partial charge in [-0.15, -0.1) is 0 Å². The monoisotopic (exact) mass is 321 g/mol. The molecule has 1 aromatic heterocycles. The van der Waals surface area contributed by atoms with Crippen LogP contribution in [0.15, 0.2) is 0 Å². The Bertz CT molecular complexity index is 636. The molecule has 1 aliphatic heterocycles. The highest BCUT2D eigenvalue weighted by Crippen LogP contribution is 2.23. The van der Waals surface area contributed by atoms with Crippen molar-refractivity contribution in [3.63, 3.8) is 0 Å². The smallest absolute Gasteiger partial charge is 0.340 e. The fourth-order valence-electron chi connectivity index (χ4n) is 3.03. The van der Waals surface area contributed by atoms with Gasteiger partial charge in [-0.3, -0.25) is 9.59 Å². The van der Waals surface area contributed by atoms with Crippen LogP contribution in [0, 0.1) is 19.8 Å². The van der Waals surface area contributed by atoms with E-state index in [4.69, 9.17) is 10.5 Å². The summed E-state index contributed by atoms with van der Waals surface area (Å²) in [5.41, 5.74) is 7.31. The third-order valence-corrected chi connectivity index (χ3v) is 4.24. The van der Waals surface area contributed by atoms with E-state index in [0.717, 1.165) is 6.42 Å². The lowest BCUT2D eigenvalue weighted by molar-refractivity contribution is -0.123. The molecule has 0 unspecified atom stereocenters. The number of ether oxygens (including phenoxy) is 1. The molecule has 7 heteroatoms. The molecule has 23 heavy (non-hydrogen) atoms. The fourth-order valence-corrected chi connectivity index (χ4v) is 3.03. The van der Waals surface area contributed by atoms with Crippen molar-refractivity contribution >= 4 is 17.8 Å². The highest BCUT2D eigenvalue weighted by atomic mass is 16.5. The third-order valence-electron chi connectivity index (χ3n) is 4.24. The first-order valence-electron chi connectivity index (χ1n) is 7.81. The van der Waals surface area contributed by atoms with Crippen molar-refractivity contribution in [2.75, 3.05) is 19.7 Å². The Hall–Kier alpha value is -2.31. The van der Waals surface area contributed by atoms with Gasteiger partial charge < -0.3 is 20.4 Å². The van der Waals surface area contributed by atoms with Gasteiger partial charge in [0.2, 0.25) is 5.91 Å². The highest BCUT2D eigenvalue weighted by Gasteiger charge is 2.30. The van der Waals surface area contributed by atoms with Crippen molar-refractivity contribution in [1.29, 1.82) is 0 Å². The number of carbonyl (C=O) groups excluding carboxylic acids is 3. The molecule has 1 aliphatic rings. The number of esters is 1. The molecule has 1 saturated heterocycles. The Morgan fingerprint density at radius 1 is 1.35 bits per heavy atom. The van der Waals surface area contributed by atoms with E-state index < -0.39 is 5.97 Å². The van der Waals surface area contributed by atoms with Gasteiger partial charge in [-0.2, -0.15) is 0 Å². The van der Waals surface area contributed by atoms with Crippen molar-refractivity contribution < 1.29 is 19.1 Å². The first-order chi connectivity index (χ1) is 10.9. The summed E-state index contributed by atoms with van der Waals surface area (Å²) in [7, 11) is 0. The van der Waals surface area contributed by atoms with Gasteiger partial charge in [-0.25, -0.2) is 4.79 Å². The standard InChI is InChI=1S/C16H23N3O4/c1-4-23-16(22)12-9(2)13(18-10(12)3)15(21)19-7-5-6-11(8-19)14(17)20/h11,18H,4-8H2,1-3H3,(H2,17,20)/t11-/m1/s1. The summed E-state index contributed by atoms with van der Waals surface area (Å²) in [6.45, 7) is 6.36. The molecule has 1 atom stereocenters. The summed E-state index contributed by atoms with van der Waals surface area (Å²) in [5.74, 6) is -1.35. The lowest BCUT2D eigenvalue weighted by Gasteiger charge is -2.31. The van der Waals surface area contributed by atoms with E-state index in [9.17, 15) is 14.4 Å². The maximum Gasteiger partial charge on any atom is 0.340 e. The van der Waals surface area contributed by atoms with E-state index in [1.807, 2.05) is 0 Å². The molecule has 0 radical (unpaired) electrons. The number of primary amides is 1. The van der Waals surface area contributed by atoms with E-state index >= 15 is 0 Å². The predicted octanol–water partition coefficient (Wildman–Crippen LogP) is 1.15. The molecule has 0 saturated carbocycles. The van der Waals surface area contributed by atoms with Crippen LogP contribution in [-0.2, 0) is 9.53 Å². The second-order valence-corrected chi connectivity index (χ2v) is 5.84. The second-order valence-electron chi connectivity index (χ2n) is 5.84. The minimum atomic E-state index is -0.438. The number of H-pyrrole nitrogens is 1. The lowest BCUT2D eigenvalue weighted by atomic mass is 9.97. The Labute approximate surface area is 135 Å². The molecular formula is C16H23N3O4. The average Bonchev–Trinajstić information content (AvgIpc) is 2.81. The largest absolute Gasteiger partial charge is 0.462 e. The predicted molar refractivity (Wildman–Crippen MR) is 84.0 cm³/mol. The summed E-state index contributed by atoms with van der Waals surface area (Å²) in [6, 6.07) is 0. The lowest BCUT2D eigenvalue weighted by Crippen LogP contribution is -2.44. The minimum Gasteiger partial charge on any atom is -0.462 e. The number of amides is 2. The van der Waals surface area contributed by atoms with E-state index in [-0.39, 0.29) is 24.3 Å². The van der Waals surface area contributed by atoms with Crippen molar-refractivity contribution in [2.45, 2.75) is 33.6 Å². The zero-order valence-corrected chi connectivity index (χ0v) is 13.8. The fraction of sp³-hybridized carbons (Fsp3) is 0.562. The normalized spacial score (nSPS) is 17.9. The number of aromatic nitrogens is 1. The van der Waals surface area contributed by atoms with E-state index in [2.05, 4.69) is 4.98 Å². The van der Waals surface area contributed by atoms with Gasteiger partial charge in [0.25, 0.3) is 5.91 Å². The summed E-state index contributed by atoms with van der Waals surface area (Å²) in [6.07, 6.45) is 1.44. The van der Waals surface area contributed by atoms with Gasteiger partial charge in [-0.1, -0.05) is 0 Å². The number of rotatable bonds is 4. The molecule has 0 aromatic carbocycles. The molecule has 0 bridgehead atoms. The van der Waals surface area contributed by atoms with Crippen LogP contribution in [0.5, 0.6) is 0 Å². The van der Waals surface area contributed by atoms with Crippen LogP contribution in [0.25, 0.3) is 0 Å². The number of likely N-dealkylation sites (tertiary alicyclic amines) is 1. The second kappa shape index (κ2) is 6.85. The molecular weight excluding hydrogens is 298 g/mol. The SMILES string of the molecule is CCOC(=O)c1c(C)[nH]c(C(=O)N2CCC[C@@H](C(N)=O)C2)c1C. The Morgan fingerprint density at radius 3 is 2.65 bits per heavy atom. The Balaban J connectivity index is 2.24. The number of nitrogens with one attached hydrogen (secondary N) is 1. The van der Waals surface area contributed by atoms with E-state index in [0.29, 0.717) is 42.0 Å². The molecule has 1 aromatic rings. The number of hydrogen-bond donors (Lipinski definition) is 2. The molecule has 126 valence electrons. The number of aryl methyl sites for hydroxylation is 1. The van der Waals surface area contributed by atoms with Crippen LogP contribution in [0.3, 0.4) is 0 Å². The maximum atomic E-state index is 12.7. The minimum absolute atomic E-state index is 0.216. The van der Waals surface area contributed by atoms with Gasteiger partial charge in [-0.05, 0) is 39.2 Å². The van der Waals surface area contributed by atoms with Gasteiger partial charge in [0.15, 0.2) is 0 Å². The van der Waals surface area contributed by atoms with Crippen LogP contribution in [0.2, 0.25) is 0 Å². The number of aromatic amines is 1. The molecule has 2 heterocycles. The summed E-state index contributed by atoms with van der Waals surface area (Å²) in [5, 5.41) is 0. The van der Waals surface area contributed by atoms with Crippen LogP contribution < -0.4 is 5.73 Å². The van der Waals surface area contributed by atoms with Gasteiger partial charge in [0.1, 0.15) is 5.69 Å². The average molecular weight is 321 g/mol. The van der Waals surface area contributed by atoms with Gasteiger partial charge in [0, 0.05) is 18.8 Å². The molecule has 3 N–H and O–H groups in total.